The average molecular weight is 350 g/mol. The number of likely N-dealkylation sites (tertiary alicyclic amines) is 1. The highest BCUT2D eigenvalue weighted by Gasteiger charge is 2.29. The van der Waals surface area contributed by atoms with E-state index in [1.807, 2.05) is 31.2 Å². The number of hydrogen-bond donors (Lipinski definition) is 1. The van der Waals surface area contributed by atoms with Crippen LogP contribution in [-0.2, 0) is 11.2 Å². The molecule has 128 valence electrons. The molecule has 1 saturated heterocycles. The Morgan fingerprint density at radius 3 is 2.67 bits per heavy atom. The molecule has 2 heterocycles. The van der Waals surface area contributed by atoms with Crippen LogP contribution in [-0.4, -0.2) is 39.2 Å². The Morgan fingerprint density at radius 2 is 2.04 bits per heavy atom. The summed E-state index contributed by atoms with van der Waals surface area (Å²) in [5.74, 6) is 0.272. The molecule has 0 amide bonds. The molecule has 1 aliphatic rings. The van der Waals surface area contributed by atoms with Crippen molar-refractivity contribution in [3.63, 3.8) is 0 Å². The number of carboxylic acid groups (broad SMARTS) is 1. The Kier molecular flexibility index (Phi) is 5.16. The molecule has 0 aliphatic carbocycles. The van der Waals surface area contributed by atoms with Crippen molar-refractivity contribution in [1.82, 2.24) is 15.0 Å². The minimum absolute atomic E-state index is 0.00814. The summed E-state index contributed by atoms with van der Waals surface area (Å²) in [6, 6.07) is 7.56. The van der Waals surface area contributed by atoms with E-state index in [2.05, 4.69) is 15.0 Å². The Morgan fingerprint density at radius 1 is 1.38 bits per heavy atom. The van der Waals surface area contributed by atoms with E-state index in [0.717, 1.165) is 18.7 Å². The van der Waals surface area contributed by atoms with E-state index in [0.29, 0.717) is 36.0 Å². The van der Waals surface area contributed by atoms with Gasteiger partial charge in [0.15, 0.2) is 5.82 Å². The third-order valence-corrected chi connectivity index (χ3v) is 4.80. The minimum Gasteiger partial charge on any atom is -0.481 e. The first-order valence-electron chi connectivity index (χ1n) is 8.06. The molecule has 6 nitrogen and oxygen atoms in total. The van der Waals surface area contributed by atoms with Crippen LogP contribution in [0.1, 0.15) is 43.1 Å². The second-order valence-electron chi connectivity index (χ2n) is 6.18. The van der Waals surface area contributed by atoms with Crippen LogP contribution in [0.3, 0.4) is 0 Å². The number of hydrogen-bond acceptors (Lipinski definition) is 5. The topological polar surface area (TPSA) is 79.5 Å². The number of carbonyl (C=O) groups is 1. The van der Waals surface area contributed by atoms with Crippen LogP contribution in [0.4, 0.5) is 0 Å². The van der Waals surface area contributed by atoms with E-state index >= 15 is 0 Å². The molecule has 1 fully saturated rings. The lowest BCUT2D eigenvalue weighted by atomic mass is 9.96. The summed E-state index contributed by atoms with van der Waals surface area (Å²) >= 11 is 5.88. The van der Waals surface area contributed by atoms with Crippen molar-refractivity contribution in [1.29, 1.82) is 0 Å². The molecular formula is C17H20ClN3O3. The molecule has 1 aromatic carbocycles. The van der Waals surface area contributed by atoms with Gasteiger partial charge in [0.2, 0.25) is 5.89 Å². The molecule has 3 rings (SSSR count). The third kappa shape index (κ3) is 3.94. The van der Waals surface area contributed by atoms with Gasteiger partial charge in [0.25, 0.3) is 0 Å². The predicted octanol–water partition coefficient (Wildman–Crippen LogP) is 3.17. The summed E-state index contributed by atoms with van der Waals surface area (Å²) < 4.78 is 5.40. The van der Waals surface area contributed by atoms with Gasteiger partial charge in [0.1, 0.15) is 0 Å². The van der Waals surface area contributed by atoms with Gasteiger partial charge in [-0.15, -0.1) is 0 Å². The highest BCUT2D eigenvalue weighted by Crippen LogP contribution is 2.26. The van der Waals surface area contributed by atoms with Crippen molar-refractivity contribution in [2.45, 2.75) is 32.2 Å². The van der Waals surface area contributed by atoms with Gasteiger partial charge in [0.05, 0.1) is 12.0 Å². The van der Waals surface area contributed by atoms with E-state index in [4.69, 9.17) is 21.2 Å². The quantitative estimate of drug-likeness (QED) is 0.893. The van der Waals surface area contributed by atoms with E-state index in [-0.39, 0.29) is 12.0 Å². The molecule has 0 bridgehead atoms. The fourth-order valence-electron chi connectivity index (χ4n) is 2.98. The molecule has 7 heteroatoms. The summed E-state index contributed by atoms with van der Waals surface area (Å²) in [6.45, 7) is 3.47. The zero-order valence-corrected chi connectivity index (χ0v) is 14.2. The van der Waals surface area contributed by atoms with E-state index < -0.39 is 5.97 Å². The molecular weight excluding hydrogens is 330 g/mol. The maximum absolute atomic E-state index is 11.0. The van der Waals surface area contributed by atoms with Gasteiger partial charge < -0.3 is 9.63 Å². The summed E-state index contributed by atoms with van der Waals surface area (Å²) in [7, 11) is 0. The molecule has 1 N–H and O–H groups in total. The first kappa shape index (κ1) is 16.9. The van der Waals surface area contributed by atoms with Crippen LogP contribution in [0.25, 0.3) is 0 Å². The van der Waals surface area contributed by atoms with Gasteiger partial charge in [0, 0.05) is 11.4 Å². The Balaban J connectivity index is 1.60. The van der Waals surface area contributed by atoms with Crippen molar-refractivity contribution < 1.29 is 14.4 Å². The van der Waals surface area contributed by atoms with Gasteiger partial charge in [-0.3, -0.25) is 9.69 Å². The van der Waals surface area contributed by atoms with Crippen LogP contribution in [0.2, 0.25) is 5.02 Å². The lowest BCUT2D eigenvalue weighted by Crippen LogP contribution is -2.38. The van der Waals surface area contributed by atoms with E-state index in [1.54, 1.807) is 0 Å². The Labute approximate surface area is 145 Å². The van der Waals surface area contributed by atoms with Gasteiger partial charge >= 0.3 is 5.97 Å². The molecule has 0 radical (unpaired) electrons. The summed E-state index contributed by atoms with van der Waals surface area (Å²) in [6.07, 6.45) is 1.91. The van der Waals surface area contributed by atoms with Gasteiger partial charge in [-0.1, -0.05) is 28.9 Å². The van der Waals surface area contributed by atoms with Crippen molar-refractivity contribution in [2.75, 3.05) is 13.1 Å². The van der Waals surface area contributed by atoms with Crippen molar-refractivity contribution in [3.05, 3.63) is 46.6 Å². The van der Waals surface area contributed by atoms with Crippen LogP contribution >= 0.6 is 11.6 Å². The Bertz CT molecular complexity index is 693. The number of aromatic nitrogens is 2. The maximum atomic E-state index is 11.0. The lowest BCUT2D eigenvalue weighted by molar-refractivity contribution is -0.143. The minimum atomic E-state index is -0.703. The van der Waals surface area contributed by atoms with Crippen LogP contribution < -0.4 is 0 Å². The second kappa shape index (κ2) is 7.32. The lowest BCUT2D eigenvalue weighted by Gasteiger charge is -2.32. The fraction of sp³-hybridized carbons (Fsp3) is 0.471. The largest absolute Gasteiger partial charge is 0.481 e. The molecule has 1 aliphatic heterocycles. The number of carboxylic acids is 1. The maximum Gasteiger partial charge on any atom is 0.306 e. The molecule has 1 atom stereocenters. The zero-order chi connectivity index (χ0) is 17.1. The van der Waals surface area contributed by atoms with Crippen LogP contribution in [0.15, 0.2) is 28.8 Å². The average Bonchev–Trinajstić information content (AvgIpc) is 3.05. The SMILES string of the molecule is CC(c1nc(Cc2ccc(Cl)cc2)no1)N1CCC(C(=O)O)CC1. The molecule has 0 saturated carbocycles. The first-order chi connectivity index (χ1) is 11.5. The monoisotopic (exact) mass is 349 g/mol. The number of nitrogens with zero attached hydrogens (tertiary/aromatic N) is 3. The molecule has 24 heavy (non-hydrogen) atoms. The van der Waals surface area contributed by atoms with Crippen molar-refractivity contribution >= 4 is 17.6 Å². The highest BCUT2D eigenvalue weighted by atomic mass is 35.5. The van der Waals surface area contributed by atoms with Crippen LogP contribution in [0, 0.1) is 5.92 Å². The number of halogens is 1. The van der Waals surface area contributed by atoms with Gasteiger partial charge in [-0.05, 0) is 50.6 Å². The number of aliphatic carboxylic acids is 1. The Hall–Kier alpha value is -1.92. The molecule has 1 unspecified atom stereocenters. The van der Waals surface area contributed by atoms with E-state index in [1.165, 1.54) is 0 Å². The van der Waals surface area contributed by atoms with Crippen LogP contribution in [0.5, 0.6) is 0 Å². The highest BCUT2D eigenvalue weighted by molar-refractivity contribution is 6.30. The molecule has 0 spiro atoms. The number of piperidine rings is 1. The normalized spacial score (nSPS) is 17.8. The summed E-state index contributed by atoms with van der Waals surface area (Å²) in [4.78, 5) is 17.7. The first-order valence-corrected chi connectivity index (χ1v) is 8.44. The molecule has 1 aromatic heterocycles. The predicted molar refractivity (Wildman–Crippen MR) is 88.9 cm³/mol. The standard InChI is InChI=1S/C17H20ClN3O3/c1-11(21-8-6-13(7-9-21)17(22)23)16-19-15(20-24-16)10-12-2-4-14(18)5-3-12/h2-5,11,13H,6-10H2,1H3,(H,22,23). The van der Waals surface area contributed by atoms with Crippen molar-refractivity contribution in [3.8, 4) is 0 Å². The zero-order valence-electron chi connectivity index (χ0n) is 13.5. The van der Waals surface area contributed by atoms with Gasteiger partial charge in [-0.2, -0.15) is 4.98 Å². The summed E-state index contributed by atoms with van der Waals surface area (Å²) in [5.41, 5.74) is 1.07. The smallest absolute Gasteiger partial charge is 0.306 e. The van der Waals surface area contributed by atoms with Crippen molar-refractivity contribution in [2.24, 2.45) is 5.92 Å². The van der Waals surface area contributed by atoms with E-state index in [9.17, 15) is 4.79 Å². The summed E-state index contributed by atoms with van der Waals surface area (Å²) in [5, 5.41) is 13.8. The second-order valence-corrected chi connectivity index (χ2v) is 6.61. The third-order valence-electron chi connectivity index (χ3n) is 4.54. The fourth-order valence-corrected chi connectivity index (χ4v) is 3.11. The number of benzene rings is 1. The molecule has 2 aromatic rings. The number of rotatable bonds is 5. The van der Waals surface area contributed by atoms with Gasteiger partial charge in [-0.25, -0.2) is 0 Å².